The smallest absolute Gasteiger partial charge is 0.150 e. The maximum absolute atomic E-state index is 8.77. The fourth-order valence-corrected chi connectivity index (χ4v) is 3.85. The van der Waals surface area contributed by atoms with Gasteiger partial charge in [0.05, 0.1) is 10.9 Å². The van der Waals surface area contributed by atoms with Gasteiger partial charge in [-0.25, -0.2) is 9.97 Å². The van der Waals surface area contributed by atoms with E-state index >= 15 is 0 Å². The summed E-state index contributed by atoms with van der Waals surface area (Å²) in [5.74, 6) is 6.51. The molecule has 1 atom stereocenters. The van der Waals surface area contributed by atoms with E-state index < -0.39 is 0 Å². The van der Waals surface area contributed by atoms with Crippen LogP contribution < -0.4 is 0 Å². The van der Waals surface area contributed by atoms with Crippen LogP contribution in [-0.2, 0) is 0 Å². The zero-order valence-corrected chi connectivity index (χ0v) is 13.9. The summed E-state index contributed by atoms with van der Waals surface area (Å²) in [6.07, 6.45) is 3.79. The fraction of sp³-hybridized carbons (Fsp3) is 0.250. The van der Waals surface area contributed by atoms with Crippen molar-refractivity contribution in [2.45, 2.75) is 19.9 Å². The van der Waals surface area contributed by atoms with Gasteiger partial charge in [0, 0.05) is 34.4 Å². The molecule has 6 heteroatoms. The highest BCUT2D eigenvalue weighted by Gasteiger charge is 2.17. The van der Waals surface area contributed by atoms with E-state index in [1.54, 1.807) is 22.7 Å². The molecule has 0 bridgehead atoms. The highest BCUT2D eigenvalue weighted by atomic mass is 32.1. The number of aliphatic hydroxyl groups is 1. The number of imidazole rings is 1. The molecule has 0 aliphatic rings. The quantitative estimate of drug-likeness (QED) is 0.750. The van der Waals surface area contributed by atoms with Crippen molar-refractivity contribution in [3.05, 3.63) is 45.5 Å². The second kappa shape index (κ2) is 6.44. The number of aromatic nitrogens is 3. The van der Waals surface area contributed by atoms with Crippen LogP contribution in [-0.4, -0.2) is 26.2 Å². The van der Waals surface area contributed by atoms with Crippen LogP contribution in [0.15, 0.2) is 29.2 Å². The molecule has 4 nitrogen and oxygen atoms in total. The average molecular weight is 329 g/mol. The lowest BCUT2D eigenvalue weighted by Gasteiger charge is -2.13. The van der Waals surface area contributed by atoms with Gasteiger partial charge in [0.15, 0.2) is 5.82 Å². The van der Waals surface area contributed by atoms with Gasteiger partial charge < -0.3 is 9.67 Å². The second-order valence-corrected chi connectivity index (χ2v) is 6.62. The monoisotopic (exact) mass is 329 g/mol. The summed E-state index contributed by atoms with van der Waals surface area (Å²) < 4.78 is 2.13. The number of rotatable bonds is 3. The third kappa shape index (κ3) is 2.97. The first-order valence-electron chi connectivity index (χ1n) is 6.82. The average Bonchev–Trinajstić information content (AvgIpc) is 3.23. The number of aliphatic hydroxyl groups excluding tert-OH is 1. The van der Waals surface area contributed by atoms with E-state index in [4.69, 9.17) is 5.11 Å². The largest absolute Gasteiger partial charge is 0.384 e. The first-order valence-corrected chi connectivity index (χ1v) is 8.58. The Balaban J connectivity index is 1.93. The lowest BCUT2D eigenvalue weighted by molar-refractivity contribution is 0.350. The van der Waals surface area contributed by atoms with Crippen LogP contribution in [0.1, 0.15) is 29.2 Å². The van der Waals surface area contributed by atoms with E-state index in [0.29, 0.717) is 0 Å². The predicted molar refractivity (Wildman–Crippen MR) is 90.2 cm³/mol. The summed E-state index contributed by atoms with van der Waals surface area (Å²) >= 11 is 3.27. The molecule has 3 aromatic heterocycles. The molecule has 3 heterocycles. The minimum Gasteiger partial charge on any atom is -0.384 e. The predicted octanol–water partition coefficient (Wildman–Crippen LogP) is 3.33. The Kier molecular flexibility index (Phi) is 4.39. The Labute approximate surface area is 137 Å². The van der Waals surface area contributed by atoms with Crippen LogP contribution in [0.25, 0.3) is 10.7 Å². The Morgan fingerprint density at radius 1 is 1.36 bits per heavy atom. The van der Waals surface area contributed by atoms with Crippen molar-refractivity contribution in [2.24, 2.45) is 0 Å². The molecule has 3 rings (SSSR count). The van der Waals surface area contributed by atoms with Crippen molar-refractivity contribution < 1.29 is 5.11 Å². The molecular formula is C16H15N3OS2. The molecule has 0 aliphatic heterocycles. The van der Waals surface area contributed by atoms with Crippen LogP contribution in [0.4, 0.5) is 0 Å². The summed E-state index contributed by atoms with van der Waals surface area (Å²) in [5, 5.41) is 13.9. The van der Waals surface area contributed by atoms with Gasteiger partial charge in [-0.05, 0) is 19.9 Å². The second-order valence-electron chi connectivity index (χ2n) is 4.82. The molecule has 1 N–H and O–H groups in total. The van der Waals surface area contributed by atoms with Gasteiger partial charge in [0.1, 0.15) is 11.6 Å². The van der Waals surface area contributed by atoms with E-state index in [9.17, 15) is 0 Å². The zero-order chi connectivity index (χ0) is 15.5. The zero-order valence-electron chi connectivity index (χ0n) is 12.3. The van der Waals surface area contributed by atoms with Gasteiger partial charge in [-0.15, -0.1) is 22.7 Å². The highest BCUT2D eigenvalue weighted by Crippen LogP contribution is 2.30. The van der Waals surface area contributed by atoms with E-state index in [-0.39, 0.29) is 12.6 Å². The van der Waals surface area contributed by atoms with Crippen molar-refractivity contribution >= 4 is 22.7 Å². The molecule has 0 amide bonds. The third-order valence-corrected chi connectivity index (χ3v) is 5.27. The van der Waals surface area contributed by atoms with Crippen molar-refractivity contribution in [1.82, 2.24) is 14.5 Å². The van der Waals surface area contributed by atoms with Gasteiger partial charge in [-0.2, -0.15) is 0 Å². The van der Waals surface area contributed by atoms with Gasteiger partial charge in [-0.3, -0.25) is 0 Å². The Bertz CT molecular complexity index is 835. The molecule has 0 fully saturated rings. The SMILES string of the molecule is Cc1csc(C(C)n2ccnc2-c2cc(C#CCO)cs2)n1. The summed E-state index contributed by atoms with van der Waals surface area (Å²) in [7, 11) is 0. The van der Waals surface area contributed by atoms with Crippen LogP contribution in [0, 0.1) is 18.8 Å². The van der Waals surface area contributed by atoms with E-state index in [2.05, 4.69) is 38.7 Å². The molecular weight excluding hydrogens is 314 g/mol. The molecule has 0 saturated carbocycles. The van der Waals surface area contributed by atoms with Crippen molar-refractivity contribution in [3.63, 3.8) is 0 Å². The molecule has 22 heavy (non-hydrogen) atoms. The van der Waals surface area contributed by atoms with Gasteiger partial charge in [0.2, 0.25) is 0 Å². The summed E-state index contributed by atoms with van der Waals surface area (Å²) in [5.41, 5.74) is 1.95. The Hall–Kier alpha value is -1.94. The third-order valence-electron chi connectivity index (χ3n) is 3.21. The summed E-state index contributed by atoms with van der Waals surface area (Å²) in [6, 6.07) is 2.15. The van der Waals surface area contributed by atoms with E-state index in [0.717, 1.165) is 27.0 Å². The number of thiazole rings is 1. The maximum Gasteiger partial charge on any atom is 0.150 e. The van der Waals surface area contributed by atoms with Gasteiger partial charge in [-0.1, -0.05) is 11.8 Å². The molecule has 0 spiro atoms. The van der Waals surface area contributed by atoms with Crippen molar-refractivity contribution in [1.29, 1.82) is 0 Å². The summed E-state index contributed by atoms with van der Waals surface area (Å²) in [4.78, 5) is 10.1. The topological polar surface area (TPSA) is 50.9 Å². The molecule has 1 unspecified atom stereocenters. The molecule has 0 radical (unpaired) electrons. The van der Waals surface area contributed by atoms with Crippen LogP contribution >= 0.6 is 22.7 Å². The standard InChI is InChI=1S/C16H15N3OS2/c1-11-9-22-16(18-11)12(2)19-6-5-17-15(19)14-8-13(10-21-14)4-3-7-20/h5-6,8-10,12,20H,7H2,1-2H3. The van der Waals surface area contributed by atoms with Crippen LogP contribution in [0.5, 0.6) is 0 Å². The normalized spacial score (nSPS) is 12.0. The lowest BCUT2D eigenvalue weighted by atomic mass is 10.3. The number of thiophene rings is 1. The molecule has 0 aliphatic carbocycles. The Morgan fingerprint density at radius 2 is 2.23 bits per heavy atom. The van der Waals surface area contributed by atoms with E-state index in [1.165, 1.54) is 0 Å². The molecule has 0 aromatic carbocycles. The number of nitrogens with zero attached hydrogens (tertiary/aromatic N) is 3. The van der Waals surface area contributed by atoms with Crippen LogP contribution in [0.2, 0.25) is 0 Å². The fourth-order valence-electron chi connectivity index (χ4n) is 2.16. The minimum atomic E-state index is -0.125. The van der Waals surface area contributed by atoms with Crippen molar-refractivity contribution in [2.75, 3.05) is 6.61 Å². The summed E-state index contributed by atoms with van der Waals surface area (Å²) in [6.45, 7) is 4.01. The number of hydrogen-bond donors (Lipinski definition) is 1. The lowest BCUT2D eigenvalue weighted by Crippen LogP contribution is -2.06. The first-order chi connectivity index (χ1) is 10.7. The maximum atomic E-state index is 8.77. The Morgan fingerprint density at radius 3 is 2.95 bits per heavy atom. The van der Waals surface area contributed by atoms with E-state index in [1.807, 2.05) is 30.8 Å². The number of aryl methyl sites for hydroxylation is 1. The minimum absolute atomic E-state index is 0.125. The van der Waals surface area contributed by atoms with Gasteiger partial charge >= 0.3 is 0 Å². The molecule has 3 aromatic rings. The first kappa shape index (κ1) is 15.0. The van der Waals surface area contributed by atoms with Gasteiger partial charge in [0.25, 0.3) is 0 Å². The van der Waals surface area contributed by atoms with Crippen LogP contribution in [0.3, 0.4) is 0 Å². The highest BCUT2D eigenvalue weighted by molar-refractivity contribution is 7.13. The molecule has 0 saturated heterocycles. The van der Waals surface area contributed by atoms with Crippen molar-refractivity contribution in [3.8, 4) is 22.5 Å². The molecule has 112 valence electrons. The number of hydrogen-bond acceptors (Lipinski definition) is 5.